The number of carbonyl (C=O) groups excluding carboxylic acids is 2. The molecule has 1 fully saturated rings. The van der Waals surface area contributed by atoms with E-state index in [0.717, 1.165) is 11.1 Å². The summed E-state index contributed by atoms with van der Waals surface area (Å²) in [6.07, 6.45) is 1.70. The van der Waals surface area contributed by atoms with Crippen LogP contribution in [0.3, 0.4) is 0 Å². The number of amides is 2. The fraction of sp³-hybridized carbons (Fsp3) is 0.323. The molecule has 2 amide bonds. The van der Waals surface area contributed by atoms with Gasteiger partial charge in [0.1, 0.15) is 6.04 Å². The Kier molecular flexibility index (Phi) is 7.56. The number of fused-ring (bicyclic) bond motifs is 1. The number of carboxylic acid groups (broad SMARTS) is 1. The number of rotatable bonds is 7. The number of aliphatic carboxylic acids is 1. The molecule has 0 aliphatic carbocycles. The number of piperidine rings is 1. The van der Waals surface area contributed by atoms with Crippen molar-refractivity contribution in [1.82, 2.24) is 15.5 Å². The van der Waals surface area contributed by atoms with Crippen molar-refractivity contribution in [1.29, 1.82) is 0 Å². The SMILES string of the molecule is O=C(O)[C@H](Cc1ccccc1)NC(=O)C1(c2ccccc2)CCN(C(=O)[C@H]2Cc3ccccc3CN2)CC1. The van der Waals surface area contributed by atoms with Gasteiger partial charge in [0, 0.05) is 26.1 Å². The van der Waals surface area contributed by atoms with E-state index >= 15 is 0 Å². The second kappa shape index (κ2) is 11.2. The molecule has 0 aromatic heterocycles. The summed E-state index contributed by atoms with van der Waals surface area (Å²) in [5, 5.41) is 16.1. The fourth-order valence-corrected chi connectivity index (χ4v) is 5.71. The Morgan fingerprint density at radius 3 is 2.16 bits per heavy atom. The lowest BCUT2D eigenvalue weighted by Gasteiger charge is -2.42. The average Bonchev–Trinajstić information content (AvgIpc) is 2.97. The average molecular weight is 512 g/mol. The van der Waals surface area contributed by atoms with E-state index in [0.29, 0.717) is 38.9 Å². The summed E-state index contributed by atoms with van der Waals surface area (Å²) >= 11 is 0. The number of benzene rings is 3. The maximum atomic E-state index is 13.9. The van der Waals surface area contributed by atoms with Crippen LogP contribution in [0.4, 0.5) is 0 Å². The van der Waals surface area contributed by atoms with Gasteiger partial charge in [-0.05, 0) is 41.5 Å². The van der Waals surface area contributed by atoms with Gasteiger partial charge >= 0.3 is 5.97 Å². The zero-order valence-corrected chi connectivity index (χ0v) is 21.3. The standard InChI is InChI=1S/C31H33N3O4/c35-28(26-20-23-11-7-8-12-24(23)21-32-26)34-17-15-31(16-18-34,25-13-5-2-6-14-25)30(38)33-27(29(36)37)19-22-9-3-1-4-10-22/h1-14,26-27,32H,15-21H2,(H,33,38)(H,36,37)/t26-,27+/m1/s1. The van der Waals surface area contributed by atoms with Crippen molar-refractivity contribution in [2.75, 3.05) is 13.1 Å². The van der Waals surface area contributed by atoms with Crippen LogP contribution in [0, 0.1) is 0 Å². The Labute approximate surface area is 222 Å². The summed E-state index contributed by atoms with van der Waals surface area (Å²) in [4.78, 5) is 41.2. The Balaban J connectivity index is 1.31. The molecule has 2 atom stereocenters. The zero-order chi connectivity index (χ0) is 26.5. The number of nitrogens with zero attached hydrogens (tertiary/aromatic N) is 1. The molecule has 0 saturated carbocycles. The van der Waals surface area contributed by atoms with Crippen molar-refractivity contribution in [3.05, 3.63) is 107 Å². The van der Waals surface area contributed by atoms with Crippen molar-refractivity contribution in [2.24, 2.45) is 0 Å². The third kappa shape index (κ3) is 5.34. The van der Waals surface area contributed by atoms with Gasteiger partial charge in [-0.3, -0.25) is 9.59 Å². The highest BCUT2D eigenvalue weighted by Gasteiger charge is 2.45. The number of hydrogen-bond donors (Lipinski definition) is 3. The number of likely N-dealkylation sites (tertiary alicyclic amines) is 1. The topological polar surface area (TPSA) is 98.7 Å². The highest BCUT2D eigenvalue weighted by atomic mass is 16.4. The van der Waals surface area contributed by atoms with Gasteiger partial charge < -0.3 is 20.6 Å². The van der Waals surface area contributed by atoms with E-state index in [-0.39, 0.29) is 24.3 Å². The van der Waals surface area contributed by atoms with E-state index in [1.54, 1.807) is 0 Å². The summed E-state index contributed by atoms with van der Waals surface area (Å²) in [5.41, 5.74) is 3.19. The molecule has 0 unspecified atom stereocenters. The zero-order valence-electron chi connectivity index (χ0n) is 21.3. The van der Waals surface area contributed by atoms with Crippen LogP contribution in [0.2, 0.25) is 0 Å². The van der Waals surface area contributed by atoms with Crippen LogP contribution in [0.25, 0.3) is 0 Å². The van der Waals surface area contributed by atoms with E-state index in [4.69, 9.17) is 0 Å². The molecule has 1 saturated heterocycles. The van der Waals surface area contributed by atoms with Gasteiger partial charge in [-0.2, -0.15) is 0 Å². The van der Waals surface area contributed by atoms with Gasteiger partial charge in [-0.15, -0.1) is 0 Å². The summed E-state index contributed by atoms with van der Waals surface area (Å²) < 4.78 is 0. The lowest BCUT2D eigenvalue weighted by Crippen LogP contribution is -2.58. The predicted molar refractivity (Wildman–Crippen MR) is 144 cm³/mol. The van der Waals surface area contributed by atoms with Crippen LogP contribution < -0.4 is 10.6 Å². The molecule has 3 N–H and O–H groups in total. The monoisotopic (exact) mass is 511 g/mol. The minimum Gasteiger partial charge on any atom is -0.480 e. The molecule has 2 aliphatic rings. The van der Waals surface area contributed by atoms with Crippen molar-refractivity contribution in [3.63, 3.8) is 0 Å². The van der Waals surface area contributed by atoms with Crippen LogP contribution in [0.5, 0.6) is 0 Å². The molecule has 0 bridgehead atoms. The molecule has 3 aromatic rings. The maximum Gasteiger partial charge on any atom is 0.326 e. The quantitative estimate of drug-likeness (QED) is 0.453. The van der Waals surface area contributed by atoms with Crippen molar-refractivity contribution < 1.29 is 19.5 Å². The predicted octanol–water partition coefficient (Wildman–Crippen LogP) is 3.07. The molecule has 0 spiro atoms. The van der Waals surface area contributed by atoms with Crippen LogP contribution >= 0.6 is 0 Å². The third-order valence-electron chi connectivity index (χ3n) is 7.96. The maximum absolute atomic E-state index is 13.9. The largest absolute Gasteiger partial charge is 0.480 e. The second-order valence-corrected chi connectivity index (χ2v) is 10.2. The normalized spacial score (nSPS) is 19.2. The number of carbonyl (C=O) groups is 3. The van der Waals surface area contributed by atoms with Crippen molar-refractivity contribution in [3.8, 4) is 0 Å². The first kappa shape index (κ1) is 25.7. The molecule has 5 rings (SSSR count). The van der Waals surface area contributed by atoms with E-state index in [1.807, 2.05) is 77.7 Å². The molecular formula is C31H33N3O4. The number of carboxylic acids is 1. The highest BCUT2D eigenvalue weighted by molar-refractivity contribution is 5.92. The number of nitrogens with one attached hydrogen (secondary N) is 2. The first-order chi connectivity index (χ1) is 18.5. The van der Waals surface area contributed by atoms with E-state index in [2.05, 4.69) is 22.8 Å². The van der Waals surface area contributed by atoms with E-state index < -0.39 is 17.4 Å². The first-order valence-corrected chi connectivity index (χ1v) is 13.2. The smallest absolute Gasteiger partial charge is 0.326 e. The molecule has 2 aliphatic heterocycles. The van der Waals surface area contributed by atoms with Gasteiger partial charge in [-0.1, -0.05) is 84.9 Å². The summed E-state index contributed by atoms with van der Waals surface area (Å²) in [6.45, 7) is 1.52. The minimum absolute atomic E-state index is 0.0501. The Hall–Kier alpha value is -3.97. The van der Waals surface area contributed by atoms with Gasteiger partial charge in [0.25, 0.3) is 0 Å². The Bertz CT molecular complexity index is 1290. The molecule has 0 radical (unpaired) electrons. The molecule has 2 heterocycles. The Morgan fingerprint density at radius 2 is 1.50 bits per heavy atom. The third-order valence-corrected chi connectivity index (χ3v) is 7.96. The molecule has 3 aromatic carbocycles. The fourth-order valence-electron chi connectivity index (χ4n) is 5.71. The number of hydrogen-bond acceptors (Lipinski definition) is 4. The lowest BCUT2D eigenvalue weighted by molar-refractivity contribution is -0.144. The molecule has 7 heteroatoms. The lowest BCUT2D eigenvalue weighted by atomic mass is 9.71. The van der Waals surface area contributed by atoms with E-state index in [9.17, 15) is 19.5 Å². The second-order valence-electron chi connectivity index (χ2n) is 10.2. The summed E-state index contributed by atoms with van der Waals surface area (Å²) in [6, 6.07) is 25.7. The van der Waals surface area contributed by atoms with Crippen LogP contribution in [0.1, 0.15) is 35.1 Å². The first-order valence-electron chi connectivity index (χ1n) is 13.2. The minimum atomic E-state index is -1.07. The van der Waals surface area contributed by atoms with Gasteiger partial charge in [0.05, 0.1) is 11.5 Å². The molecule has 38 heavy (non-hydrogen) atoms. The molecular weight excluding hydrogens is 478 g/mol. The van der Waals surface area contributed by atoms with Gasteiger partial charge in [0.2, 0.25) is 11.8 Å². The molecule has 7 nitrogen and oxygen atoms in total. The van der Waals surface area contributed by atoms with Gasteiger partial charge in [0.15, 0.2) is 0 Å². The Morgan fingerprint density at radius 1 is 0.895 bits per heavy atom. The van der Waals surface area contributed by atoms with Crippen molar-refractivity contribution in [2.45, 2.75) is 49.7 Å². The van der Waals surface area contributed by atoms with Crippen LogP contribution in [-0.2, 0) is 39.2 Å². The van der Waals surface area contributed by atoms with Gasteiger partial charge in [-0.25, -0.2) is 4.79 Å². The van der Waals surface area contributed by atoms with Crippen LogP contribution in [0.15, 0.2) is 84.9 Å². The molecule has 196 valence electrons. The van der Waals surface area contributed by atoms with E-state index in [1.165, 1.54) is 11.1 Å². The van der Waals surface area contributed by atoms with Crippen molar-refractivity contribution >= 4 is 17.8 Å². The summed E-state index contributed by atoms with van der Waals surface area (Å²) in [7, 11) is 0. The highest BCUT2D eigenvalue weighted by Crippen LogP contribution is 2.36. The van der Waals surface area contributed by atoms with Crippen LogP contribution in [-0.4, -0.2) is 53.0 Å². The summed E-state index contributed by atoms with van der Waals surface area (Å²) in [5.74, 6) is -1.32.